The zero-order chi connectivity index (χ0) is 10.7. The average molecular weight is 224 g/mol. The molecule has 2 aromatic rings. The number of aryl methyl sites for hydroxylation is 2. The molecule has 0 radical (unpaired) electrons. The summed E-state index contributed by atoms with van der Waals surface area (Å²) in [6.07, 6.45) is 0. The summed E-state index contributed by atoms with van der Waals surface area (Å²) in [5.74, 6) is 1.20. The van der Waals surface area contributed by atoms with Crippen LogP contribution in [-0.2, 0) is 13.1 Å². The largest absolute Gasteiger partial charge is 0.424 e. The maximum Gasteiger partial charge on any atom is 0.230 e. The zero-order valence-corrected chi connectivity index (χ0v) is 9.47. The van der Waals surface area contributed by atoms with Gasteiger partial charge in [-0.25, -0.2) is 4.98 Å². The van der Waals surface area contributed by atoms with Crippen LogP contribution >= 0.6 is 11.3 Å². The minimum Gasteiger partial charge on any atom is -0.424 e. The molecule has 6 heteroatoms. The Balaban J connectivity index is 1.80. The van der Waals surface area contributed by atoms with E-state index in [9.17, 15) is 0 Å². The van der Waals surface area contributed by atoms with Crippen LogP contribution in [0.5, 0.6) is 0 Å². The van der Waals surface area contributed by atoms with Crippen molar-refractivity contribution >= 4 is 11.3 Å². The Morgan fingerprint density at radius 3 is 2.80 bits per heavy atom. The molecule has 2 aromatic heterocycles. The van der Waals surface area contributed by atoms with Crippen LogP contribution in [0.3, 0.4) is 0 Å². The van der Waals surface area contributed by atoms with Crippen molar-refractivity contribution in [3.05, 3.63) is 27.9 Å². The van der Waals surface area contributed by atoms with Crippen molar-refractivity contribution in [3.8, 4) is 0 Å². The van der Waals surface area contributed by atoms with Crippen LogP contribution in [0.1, 0.15) is 22.5 Å². The fraction of sp³-hybridized carbons (Fsp3) is 0.444. The molecule has 0 aliphatic heterocycles. The van der Waals surface area contributed by atoms with Crippen LogP contribution in [0.15, 0.2) is 9.80 Å². The highest BCUT2D eigenvalue weighted by molar-refractivity contribution is 7.09. The second kappa shape index (κ2) is 4.50. The van der Waals surface area contributed by atoms with Gasteiger partial charge in [0.05, 0.1) is 17.2 Å². The lowest BCUT2D eigenvalue weighted by atomic mass is 10.4. The smallest absolute Gasteiger partial charge is 0.230 e. The molecule has 0 spiro atoms. The summed E-state index contributed by atoms with van der Waals surface area (Å²) in [4.78, 5) is 4.34. The summed E-state index contributed by atoms with van der Waals surface area (Å²) in [7, 11) is 0. The monoisotopic (exact) mass is 224 g/mol. The summed E-state index contributed by atoms with van der Waals surface area (Å²) >= 11 is 1.65. The van der Waals surface area contributed by atoms with E-state index in [-0.39, 0.29) is 0 Å². The first-order valence-corrected chi connectivity index (χ1v) is 5.53. The number of rotatable bonds is 4. The second-order valence-corrected chi connectivity index (χ2v) is 4.24. The van der Waals surface area contributed by atoms with Crippen LogP contribution in [0.4, 0.5) is 0 Å². The highest BCUT2D eigenvalue weighted by atomic mass is 32.1. The minimum atomic E-state index is 0.581. The maximum atomic E-state index is 5.22. The van der Waals surface area contributed by atoms with Gasteiger partial charge >= 0.3 is 0 Å². The van der Waals surface area contributed by atoms with Gasteiger partial charge in [0.1, 0.15) is 0 Å². The Labute approximate surface area is 91.6 Å². The molecule has 0 saturated carbocycles. The average Bonchev–Trinajstić information content (AvgIpc) is 2.76. The molecule has 80 valence electrons. The summed E-state index contributed by atoms with van der Waals surface area (Å²) in [6, 6.07) is 0. The van der Waals surface area contributed by atoms with Gasteiger partial charge in [-0.2, -0.15) is 0 Å². The van der Waals surface area contributed by atoms with Gasteiger partial charge < -0.3 is 9.73 Å². The van der Waals surface area contributed by atoms with E-state index in [1.807, 2.05) is 12.3 Å². The van der Waals surface area contributed by atoms with Crippen molar-refractivity contribution in [3.63, 3.8) is 0 Å². The zero-order valence-electron chi connectivity index (χ0n) is 8.65. The Morgan fingerprint density at radius 2 is 2.20 bits per heavy atom. The normalized spacial score (nSPS) is 10.8. The summed E-state index contributed by atoms with van der Waals surface area (Å²) in [6.45, 7) is 5.08. The Kier molecular flexibility index (Phi) is 3.08. The molecular formula is C9H12N4OS. The van der Waals surface area contributed by atoms with E-state index >= 15 is 0 Å². The number of nitrogens with one attached hydrogen (secondary N) is 1. The molecule has 0 atom stereocenters. The molecule has 15 heavy (non-hydrogen) atoms. The van der Waals surface area contributed by atoms with Gasteiger partial charge in [0, 0.05) is 18.8 Å². The fourth-order valence-corrected chi connectivity index (χ4v) is 1.81. The van der Waals surface area contributed by atoms with E-state index < -0.39 is 0 Å². The number of nitrogens with zero attached hydrogens (tertiary/aromatic N) is 3. The predicted molar refractivity (Wildman–Crippen MR) is 56.4 cm³/mol. The van der Waals surface area contributed by atoms with E-state index in [4.69, 9.17) is 4.42 Å². The molecule has 1 N–H and O–H groups in total. The number of hydrogen-bond acceptors (Lipinski definition) is 6. The van der Waals surface area contributed by atoms with Crippen molar-refractivity contribution in [2.24, 2.45) is 0 Å². The van der Waals surface area contributed by atoms with Crippen molar-refractivity contribution in [2.45, 2.75) is 26.9 Å². The standard InChI is InChI=1S/C9H12N4OS/c1-6-12-13-9(14-6)4-10-3-8-5-15-7(2)11-8/h5,10H,3-4H2,1-2H3. The Bertz CT molecular complexity index is 397. The molecule has 2 heterocycles. The lowest BCUT2D eigenvalue weighted by molar-refractivity contribution is 0.446. The third kappa shape index (κ3) is 2.84. The Morgan fingerprint density at radius 1 is 1.33 bits per heavy atom. The SMILES string of the molecule is Cc1nnc(CNCc2csc(C)n2)o1. The number of thiazole rings is 1. The molecule has 0 fully saturated rings. The lowest BCUT2D eigenvalue weighted by Gasteiger charge is -1.97. The van der Waals surface area contributed by atoms with E-state index in [1.165, 1.54) is 0 Å². The van der Waals surface area contributed by atoms with Crippen molar-refractivity contribution in [1.82, 2.24) is 20.5 Å². The second-order valence-electron chi connectivity index (χ2n) is 3.18. The molecule has 0 aromatic carbocycles. The van der Waals surface area contributed by atoms with Crippen LogP contribution in [0.25, 0.3) is 0 Å². The van der Waals surface area contributed by atoms with Gasteiger partial charge in [-0.05, 0) is 6.92 Å². The fourth-order valence-electron chi connectivity index (χ4n) is 1.20. The van der Waals surface area contributed by atoms with Crippen LogP contribution < -0.4 is 5.32 Å². The number of hydrogen-bond donors (Lipinski definition) is 1. The first kappa shape index (κ1) is 10.3. The van der Waals surface area contributed by atoms with Gasteiger partial charge in [-0.15, -0.1) is 21.5 Å². The molecule has 0 aliphatic rings. The van der Waals surface area contributed by atoms with E-state index in [0.29, 0.717) is 18.3 Å². The lowest BCUT2D eigenvalue weighted by Crippen LogP contribution is -2.13. The van der Waals surface area contributed by atoms with Crippen LogP contribution in [-0.4, -0.2) is 15.2 Å². The highest BCUT2D eigenvalue weighted by Crippen LogP contribution is 2.07. The molecule has 0 amide bonds. The summed E-state index contributed by atoms with van der Waals surface area (Å²) < 4.78 is 5.22. The third-order valence-corrected chi connectivity index (χ3v) is 2.64. The van der Waals surface area contributed by atoms with Gasteiger partial charge in [0.2, 0.25) is 11.8 Å². The predicted octanol–water partition coefficient (Wildman–Crippen LogP) is 1.43. The summed E-state index contributed by atoms with van der Waals surface area (Å²) in [5, 5.41) is 14.0. The summed E-state index contributed by atoms with van der Waals surface area (Å²) in [5.41, 5.74) is 1.05. The van der Waals surface area contributed by atoms with E-state index in [1.54, 1.807) is 18.3 Å². The third-order valence-electron chi connectivity index (χ3n) is 1.82. The van der Waals surface area contributed by atoms with Crippen molar-refractivity contribution in [2.75, 3.05) is 0 Å². The van der Waals surface area contributed by atoms with Gasteiger partial charge in [-0.1, -0.05) is 0 Å². The topological polar surface area (TPSA) is 63.8 Å². The molecule has 0 bridgehead atoms. The quantitative estimate of drug-likeness (QED) is 0.851. The molecule has 0 aliphatic carbocycles. The molecule has 2 rings (SSSR count). The molecule has 0 saturated heterocycles. The van der Waals surface area contributed by atoms with Gasteiger partial charge in [0.25, 0.3) is 0 Å². The first-order valence-electron chi connectivity index (χ1n) is 4.65. The number of aromatic nitrogens is 3. The van der Waals surface area contributed by atoms with Crippen LogP contribution in [0, 0.1) is 13.8 Å². The van der Waals surface area contributed by atoms with E-state index in [0.717, 1.165) is 17.2 Å². The van der Waals surface area contributed by atoms with Gasteiger partial charge in [-0.3, -0.25) is 0 Å². The van der Waals surface area contributed by atoms with Crippen molar-refractivity contribution in [1.29, 1.82) is 0 Å². The maximum absolute atomic E-state index is 5.22. The van der Waals surface area contributed by atoms with Crippen molar-refractivity contribution < 1.29 is 4.42 Å². The van der Waals surface area contributed by atoms with E-state index in [2.05, 4.69) is 20.5 Å². The van der Waals surface area contributed by atoms with Crippen LogP contribution in [0.2, 0.25) is 0 Å². The first-order chi connectivity index (χ1) is 7.24. The van der Waals surface area contributed by atoms with Gasteiger partial charge in [0.15, 0.2) is 0 Å². The Hall–Kier alpha value is -1.27. The molecule has 5 nitrogen and oxygen atoms in total. The molecule has 0 unspecified atom stereocenters. The molecular weight excluding hydrogens is 212 g/mol. The minimum absolute atomic E-state index is 0.581. The highest BCUT2D eigenvalue weighted by Gasteiger charge is 2.02.